The van der Waals surface area contributed by atoms with Crippen LogP contribution in [0.4, 0.5) is 5.82 Å². The number of nitrogens with zero attached hydrogens (tertiary/aromatic N) is 5. The Morgan fingerprint density at radius 1 is 1.15 bits per heavy atom. The van der Waals surface area contributed by atoms with Crippen molar-refractivity contribution in [1.29, 1.82) is 0 Å². The van der Waals surface area contributed by atoms with E-state index in [0.717, 1.165) is 51.0 Å². The van der Waals surface area contributed by atoms with Gasteiger partial charge in [0.25, 0.3) is 0 Å². The summed E-state index contributed by atoms with van der Waals surface area (Å²) in [5.74, 6) is 2.13. The lowest BCUT2D eigenvalue weighted by Gasteiger charge is -2.38. The van der Waals surface area contributed by atoms with E-state index in [1.165, 1.54) is 37.8 Å². The predicted octanol–water partition coefficient (Wildman–Crippen LogP) is 1.78. The Morgan fingerprint density at radius 3 is 2.54 bits per heavy atom. The van der Waals surface area contributed by atoms with Gasteiger partial charge in [0.05, 0.1) is 0 Å². The third-order valence-electron chi connectivity index (χ3n) is 6.45. The van der Waals surface area contributed by atoms with Gasteiger partial charge in [-0.25, -0.2) is 4.98 Å². The Labute approximate surface area is 157 Å². The summed E-state index contributed by atoms with van der Waals surface area (Å²) in [6.07, 6.45) is 7.54. The summed E-state index contributed by atoms with van der Waals surface area (Å²) in [6, 6.07) is 4.35. The molecule has 0 bridgehead atoms. The Morgan fingerprint density at radius 2 is 1.96 bits per heavy atom. The van der Waals surface area contributed by atoms with Crippen LogP contribution in [0.15, 0.2) is 23.3 Å². The first-order valence-corrected chi connectivity index (χ1v) is 10.0. The number of guanidine groups is 1. The lowest BCUT2D eigenvalue weighted by Crippen LogP contribution is -2.44. The highest BCUT2D eigenvalue weighted by Crippen LogP contribution is 2.47. The highest BCUT2D eigenvalue weighted by Gasteiger charge is 2.43. The lowest BCUT2D eigenvalue weighted by molar-refractivity contribution is 0.151. The van der Waals surface area contributed by atoms with E-state index in [2.05, 4.69) is 49.2 Å². The minimum absolute atomic E-state index is 0.601. The molecule has 0 amide bonds. The van der Waals surface area contributed by atoms with E-state index in [1.807, 2.05) is 13.2 Å². The molecule has 2 aliphatic heterocycles. The molecule has 6 nitrogen and oxygen atoms in total. The summed E-state index contributed by atoms with van der Waals surface area (Å²) in [5.41, 5.74) is 1.81. The van der Waals surface area contributed by atoms with Gasteiger partial charge in [0.2, 0.25) is 0 Å². The summed E-state index contributed by atoms with van der Waals surface area (Å²) >= 11 is 0. The molecule has 3 fully saturated rings. The van der Waals surface area contributed by atoms with Crippen molar-refractivity contribution >= 4 is 11.8 Å². The maximum absolute atomic E-state index is 4.69. The third kappa shape index (κ3) is 3.65. The Balaban J connectivity index is 1.30. The second kappa shape index (κ2) is 7.43. The molecule has 0 aromatic carbocycles. The van der Waals surface area contributed by atoms with Gasteiger partial charge in [-0.15, -0.1) is 0 Å². The zero-order valence-electron chi connectivity index (χ0n) is 16.2. The van der Waals surface area contributed by atoms with Crippen molar-refractivity contribution in [3.63, 3.8) is 0 Å². The van der Waals surface area contributed by atoms with Crippen molar-refractivity contribution in [3.8, 4) is 0 Å². The normalized spacial score (nSPS) is 23.4. The molecule has 1 aliphatic carbocycles. The van der Waals surface area contributed by atoms with E-state index < -0.39 is 0 Å². The average Bonchev–Trinajstić information content (AvgIpc) is 3.10. The summed E-state index contributed by atoms with van der Waals surface area (Å²) in [4.78, 5) is 16.4. The number of piperazine rings is 1. The third-order valence-corrected chi connectivity index (χ3v) is 6.45. The molecule has 1 aromatic heterocycles. The highest BCUT2D eigenvalue weighted by atomic mass is 15.3. The number of anilines is 1. The molecule has 1 N–H and O–H groups in total. The number of aliphatic imine (C=N–C) groups is 1. The molecule has 0 atom stereocenters. The van der Waals surface area contributed by atoms with E-state index in [-0.39, 0.29) is 0 Å². The first-order valence-electron chi connectivity index (χ1n) is 10.0. The second-order valence-electron chi connectivity index (χ2n) is 8.24. The highest BCUT2D eigenvalue weighted by molar-refractivity contribution is 5.80. The van der Waals surface area contributed by atoms with Gasteiger partial charge >= 0.3 is 0 Å². The first-order chi connectivity index (χ1) is 12.7. The summed E-state index contributed by atoms with van der Waals surface area (Å²) in [7, 11) is 4.07. The SMILES string of the molecule is CN=C(NCc1ccc(N2CCN(C)CC2)nc1)N1CCC2(CCC2)C1. The molecule has 0 unspecified atom stereocenters. The fourth-order valence-electron chi connectivity index (χ4n) is 4.46. The van der Waals surface area contributed by atoms with Crippen molar-refractivity contribution in [3.05, 3.63) is 23.9 Å². The van der Waals surface area contributed by atoms with Gasteiger partial charge in [-0.3, -0.25) is 4.99 Å². The molecule has 142 valence electrons. The van der Waals surface area contributed by atoms with E-state index in [1.54, 1.807) is 0 Å². The van der Waals surface area contributed by atoms with E-state index in [0.29, 0.717) is 5.41 Å². The number of aromatic nitrogens is 1. The maximum atomic E-state index is 4.69. The fraction of sp³-hybridized carbons (Fsp3) is 0.700. The number of likely N-dealkylation sites (N-methyl/N-ethyl adjacent to an activating group) is 1. The minimum atomic E-state index is 0.601. The Kier molecular flexibility index (Phi) is 5.02. The first kappa shape index (κ1) is 17.6. The van der Waals surface area contributed by atoms with Gasteiger partial charge in [-0.1, -0.05) is 12.5 Å². The van der Waals surface area contributed by atoms with Gasteiger partial charge < -0.3 is 20.0 Å². The molecule has 6 heteroatoms. The molecule has 4 rings (SSSR count). The molecule has 0 radical (unpaired) electrons. The Bertz CT molecular complexity index is 628. The number of pyridine rings is 1. The number of hydrogen-bond acceptors (Lipinski definition) is 4. The maximum Gasteiger partial charge on any atom is 0.193 e. The van der Waals surface area contributed by atoms with Crippen LogP contribution >= 0.6 is 0 Å². The number of nitrogens with one attached hydrogen (secondary N) is 1. The van der Waals surface area contributed by atoms with Crippen LogP contribution in [0.25, 0.3) is 0 Å². The molecule has 3 aliphatic rings. The van der Waals surface area contributed by atoms with E-state index in [4.69, 9.17) is 0 Å². The van der Waals surface area contributed by atoms with Crippen LogP contribution in [0, 0.1) is 5.41 Å². The lowest BCUT2D eigenvalue weighted by atomic mass is 9.68. The van der Waals surface area contributed by atoms with Crippen molar-refractivity contribution in [1.82, 2.24) is 20.1 Å². The second-order valence-corrected chi connectivity index (χ2v) is 8.24. The van der Waals surface area contributed by atoms with Gasteiger partial charge in [0.1, 0.15) is 5.82 Å². The molecular formula is C20H32N6. The molecule has 1 aromatic rings. The van der Waals surface area contributed by atoms with Crippen molar-refractivity contribution in [2.45, 2.75) is 32.2 Å². The monoisotopic (exact) mass is 356 g/mol. The largest absolute Gasteiger partial charge is 0.354 e. The number of rotatable bonds is 3. The summed E-state index contributed by atoms with van der Waals surface area (Å²) < 4.78 is 0. The predicted molar refractivity (Wildman–Crippen MR) is 107 cm³/mol. The minimum Gasteiger partial charge on any atom is -0.354 e. The van der Waals surface area contributed by atoms with Crippen LogP contribution < -0.4 is 10.2 Å². The van der Waals surface area contributed by atoms with Crippen LogP contribution in [0.3, 0.4) is 0 Å². The van der Waals surface area contributed by atoms with Crippen LogP contribution in [0.1, 0.15) is 31.2 Å². The molecule has 2 saturated heterocycles. The number of hydrogen-bond donors (Lipinski definition) is 1. The molecule has 1 saturated carbocycles. The van der Waals surface area contributed by atoms with Gasteiger partial charge in [-0.2, -0.15) is 0 Å². The van der Waals surface area contributed by atoms with Crippen LogP contribution in [-0.4, -0.2) is 74.1 Å². The smallest absolute Gasteiger partial charge is 0.193 e. The van der Waals surface area contributed by atoms with E-state index in [9.17, 15) is 0 Å². The van der Waals surface area contributed by atoms with Crippen LogP contribution in [0.5, 0.6) is 0 Å². The van der Waals surface area contributed by atoms with Crippen LogP contribution in [0.2, 0.25) is 0 Å². The summed E-state index contributed by atoms with van der Waals surface area (Å²) in [5, 5.41) is 3.53. The molecular weight excluding hydrogens is 324 g/mol. The van der Waals surface area contributed by atoms with Crippen LogP contribution in [-0.2, 0) is 6.54 Å². The topological polar surface area (TPSA) is 47.0 Å². The van der Waals surface area contributed by atoms with Crippen molar-refractivity contribution in [2.75, 3.05) is 58.3 Å². The van der Waals surface area contributed by atoms with Crippen molar-refractivity contribution < 1.29 is 0 Å². The molecule has 3 heterocycles. The zero-order chi connectivity index (χ0) is 18.0. The molecule has 1 spiro atoms. The van der Waals surface area contributed by atoms with Gasteiger partial charge in [0, 0.05) is 59.1 Å². The van der Waals surface area contributed by atoms with Gasteiger partial charge in [-0.05, 0) is 43.4 Å². The number of likely N-dealkylation sites (tertiary alicyclic amines) is 1. The quantitative estimate of drug-likeness (QED) is 0.661. The Hall–Kier alpha value is -1.82. The van der Waals surface area contributed by atoms with Gasteiger partial charge in [0.15, 0.2) is 5.96 Å². The van der Waals surface area contributed by atoms with E-state index >= 15 is 0 Å². The van der Waals surface area contributed by atoms with Crippen molar-refractivity contribution in [2.24, 2.45) is 10.4 Å². The zero-order valence-corrected chi connectivity index (χ0v) is 16.2. The standard InChI is InChI=1S/C20H32N6/c1-21-19(26-9-8-20(16-26)6-3-7-20)23-15-17-4-5-18(22-14-17)25-12-10-24(2)11-13-25/h4-5,14H,3,6-13,15-16H2,1-2H3,(H,21,23). The summed E-state index contributed by atoms with van der Waals surface area (Å²) in [6.45, 7) is 7.44. The molecule has 26 heavy (non-hydrogen) atoms. The fourth-order valence-corrected chi connectivity index (χ4v) is 4.46. The average molecular weight is 357 g/mol.